The lowest BCUT2D eigenvalue weighted by atomic mass is 10.1. The summed E-state index contributed by atoms with van der Waals surface area (Å²) < 4.78 is 13.9. The maximum atomic E-state index is 13.9. The molecule has 6 heteroatoms. The molecule has 19 heavy (non-hydrogen) atoms. The van der Waals surface area contributed by atoms with Crippen molar-refractivity contribution in [3.05, 3.63) is 34.6 Å². The minimum Gasteiger partial charge on any atom is -0.370 e. The van der Waals surface area contributed by atoms with Crippen molar-refractivity contribution in [2.75, 3.05) is 33.7 Å². The molecule has 1 aliphatic heterocycles. The number of benzene rings is 1. The van der Waals surface area contributed by atoms with E-state index in [1.165, 1.54) is 6.07 Å². The number of halogens is 2. The number of hydrogen-bond acceptors (Lipinski definition) is 4. The molecule has 0 fully saturated rings. The summed E-state index contributed by atoms with van der Waals surface area (Å²) in [5.41, 5.74) is 6.43. The van der Waals surface area contributed by atoms with Gasteiger partial charge < -0.3 is 15.5 Å². The van der Waals surface area contributed by atoms with Gasteiger partial charge in [0.05, 0.1) is 12.6 Å². The quantitative estimate of drug-likeness (QED) is 0.915. The van der Waals surface area contributed by atoms with E-state index in [9.17, 15) is 4.39 Å². The molecule has 1 aromatic carbocycles. The predicted molar refractivity (Wildman–Crippen MR) is 75.9 cm³/mol. The number of likely N-dealkylation sites (N-methyl/N-ethyl adjacent to an activating group) is 1. The minimum atomic E-state index is -0.269. The fourth-order valence-electron chi connectivity index (χ4n) is 2.14. The van der Waals surface area contributed by atoms with Crippen molar-refractivity contribution >= 4 is 17.6 Å². The van der Waals surface area contributed by atoms with E-state index < -0.39 is 0 Å². The van der Waals surface area contributed by atoms with E-state index in [0.29, 0.717) is 29.6 Å². The number of nitrogens with two attached hydrogens (primary N) is 1. The van der Waals surface area contributed by atoms with Gasteiger partial charge in [0.1, 0.15) is 5.82 Å². The first-order valence-corrected chi connectivity index (χ1v) is 6.53. The smallest absolute Gasteiger partial charge is 0.191 e. The Bertz CT molecular complexity index is 490. The highest BCUT2D eigenvalue weighted by Gasteiger charge is 2.29. The van der Waals surface area contributed by atoms with Gasteiger partial charge in [0.2, 0.25) is 0 Å². The van der Waals surface area contributed by atoms with Gasteiger partial charge in [-0.1, -0.05) is 11.6 Å². The van der Waals surface area contributed by atoms with Gasteiger partial charge in [0.15, 0.2) is 5.96 Å². The Kier molecular flexibility index (Phi) is 4.27. The van der Waals surface area contributed by atoms with E-state index in [4.69, 9.17) is 17.3 Å². The maximum absolute atomic E-state index is 13.9. The van der Waals surface area contributed by atoms with Crippen LogP contribution in [0.2, 0.25) is 5.02 Å². The van der Waals surface area contributed by atoms with Gasteiger partial charge in [-0.2, -0.15) is 0 Å². The highest BCUT2D eigenvalue weighted by Crippen LogP contribution is 2.29. The lowest BCUT2D eigenvalue weighted by Gasteiger charge is -2.28. The Labute approximate surface area is 117 Å². The first-order valence-electron chi connectivity index (χ1n) is 6.15. The van der Waals surface area contributed by atoms with Crippen LogP contribution in [0, 0.1) is 5.82 Å². The van der Waals surface area contributed by atoms with Crippen LogP contribution in [0.3, 0.4) is 0 Å². The largest absolute Gasteiger partial charge is 0.370 e. The van der Waals surface area contributed by atoms with Gasteiger partial charge in [0, 0.05) is 23.7 Å². The molecule has 2 N–H and O–H groups in total. The Morgan fingerprint density at radius 2 is 2.26 bits per heavy atom. The number of aliphatic imine (C=N–C) groups is 1. The molecular weight excluding hydrogens is 267 g/mol. The van der Waals surface area contributed by atoms with E-state index in [1.54, 1.807) is 12.1 Å². The average molecular weight is 285 g/mol. The molecule has 2 rings (SSSR count). The molecule has 0 spiro atoms. The molecule has 0 aromatic heterocycles. The standard InChI is InChI=1S/C13H18ClFN4/c1-18(2)5-6-19-12(8-17-13(19)16)10-7-9(14)3-4-11(10)15/h3-4,7,12H,5-6,8H2,1-2H3,(H2,16,17). The van der Waals surface area contributed by atoms with Crippen molar-refractivity contribution in [3.63, 3.8) is 0 Å². The van der Waals surface area contributed by atoms with Gasteiger partial charge >= 0.3 is 0 Å². The molecule has 104 valence electrons. The second-order valence-electron chi connectivity index (χ2n) is 4.88. The maximum Gasteiger partial charge on any atom is 0.191 e. The van der Waals surface area contributed by atoms with Crippen molar-refractivity contribution in [1.29, 1.82) is 0 Å². The van der Waals surface area contributed by atoms with Gasteiger partial charge in [-0.3, -0.25) is 4.99 Å². The SMILES string of the molecule is CN(C)CCN1C(N)=NCC1c1cc(Cl)ccc1F. The summed E-state index contributed by atoms with van der Waals surface area (Å²) in [7, 11) is 3.97. The lowest BCUT2D eigenvalue weighted by molar-refractivity contribution is 0.289. The number of hydrogen-bond donors (Lipinski definition) is 1. The van der Waals surface area contributed by atoms with E-state index >= 15 is 0 Å². The van der Waals surface area contributed by atoms with Crippen molar-refractivity contribution in [1.82, 2.24) is 9.80 Å². The van der Waals surface area contributed by atoms with Crippen LogP contribution < -0.4 is 5.73 Å². The third-order valence-electron chi connectivity index (χ3n) is 3.20. The summed E-state index contributed by atoms with van der Waals surface area (Å²) in [6, 6.07) is 4.41. The van der Waals surface area contributed by atoms with Gasteiger partial charge in [-0.05, 0) is 32.3 Å². The minimum absolute atomic E-state index is 0.168. The first-order chi connectivity index (χ1) is 8.99. The second kappa shape index (κ2) is 5.75. The topological polar surface area (TPSA) is 44.9 Å². The van der Waals surface area contributed by atoms with Gasteiger partial charge in [0.25, 0.3) is 0 Å². The summed E-state index contributed by atoms with van der Waals surface area (Å²) in [5, 5.41) is 0.523. The summed E-state index contributed by atoms with van der Waals surface area (Å²) in [5.74, 6) is 0.195. The molecule has 1 aliphatic rings. The van der Waals surface area contributed by atoms with E-state index in [1.807, 2.05) is 19.0 Å². The first kappa shape index (κ1) is 14.1. The summed E-state index contributed by atoms with van der Waals surface area (Å²) in [6.45, 7) is 2.00. The van der Waals surface area contributed by atoms with Crippen LogP contribution in [0.25, 0.3) is 0 Å². The van der Waals surface area contributed by atoms with E-state index in [2.05, 4.69) is 9.89 Å². The predicted octanol–water partition coefficient (Wildman–Crippen LogP) is 1.71. The molecule has 4 nitrogen and oxygen atoms in total. The highest BCUT2D eigenvalue weighted by atomic mass is 35.5. The number of rotatable bonds is 4. The third kappa shape index (κ3) is 3.16. The molecule has 0 aliphatic carbocycles. The van der Waals surface area contributed by atoms with Gasteiger partial charge in [-0.25, -0.2) is 4.39 Å². The Morgan fingerprint density at radius 3 is 2.95 bits per heavy atom. The second-order valence-corrected chi connectivity index (χ2v) is 5.31. The van der Waals surface area contributed by atoms with E-state index in [0.717, 1.165) is 6.54 Å². The van der Waals surface area contributed by atoms with Crippen molar-refractivity contribution in [2.45, 2.75) is 6.04 Å². The van der Waals surface area contributed by atoms with Crippen LogP contribution in [0.5, 0.6) is 0 Å². The van der Waals surface area contributed by atoms with Crippen LogP contribution in [-0.4, -0.2) is 49.5 Å². The zero-order valence-electron chi connectivity index (χ0n) is 11.1. The molecule has 1 atom stereocenters. The molecular formula is C13H18ClFN4. The van der Waals surface area contributed by atoms with Crippen molar-refractivity contribution < 1.29 is 4.39 Å². The molecule has 0 radical (unpaired) electrons. The number of guanidine groups is 1. The van der Waals surface area contributed by atoms with Crippen molar-refractivity contribution in [2.24, 2.45) is 10.7 Å². The normalized spacial score (nSPS) is 19.1. The van der Waals surface area contributed by atoms with Crippen LogP contribution >= 0.6 is 11.6 Å². The molecule has 0 saturated carbocycles. The summed E-state index contributed by atoms with van der Waals surface area (Å²) in [6.07, 6.45) is 0. The zero-order chi connectivity index (χ0) is 14.0. The number of nitrogens with zero attached hydrogens (tertiary/aromatic N) is 3. The summed E-state index contributed by atoms with van der Waals surface area (Å²) in [4.78, 5) is 8.19. The molecule has 1 aromatic rings. The van der Waals surface area contributed by atoms with Crippen LogP contribution in [0.1, 0.15) is 11.6 Å². The lowest BCUT2D eigenvalue weighted by Crippen LogP contribution is -2.40. The molecule has 1 unspecified atom stereocenters. The van der Waals surface area contributed by atoms with Crippen LogP contribution in [-0.2, 0) is 0 Å². The summed E-state index contributed by atoms with van der Waals surface area (Å²) >= 11 is 5.94. The van der Waals surface area contributed by atoms with Crippen LogP contribution in [0.4, 0.5) is 4.39 Å². The molecule has 0 saturated heterocycles. The molecule has 1 heterocycles. The molecule has 0 bridgehead atoms. The fraction of sp³-hybridized carbons (Fsp3) is 0.462. The molecule has 0 amide bonds. The van der Waals surface area contributed by atoms with Crippen LogP contribution in [0.15, 0.2) is 23.2 Å². The van der Waals surface area contributed by atoms with Crippen molar-refractivity contribution in [3.8, 4) is 0 Å². The third-order valence-corrected chi connectivity index (χ3v) is 3.44. The monoisotopic (exact) mass is 284 g/mol. The van der Waals surface area contributed by atoms with E-state index in [-0.39, 0.29) is 11.9 Å². The Balaban J connectivity index is 2.21. The zero-order valence-corrected chi connectivity index (χ0v) is 11.9. The Morgan fingerprint density at radius 1 is 1.53 bits per heavy atom. The highest BCUT2D eigenvalue weighted by molar-refractivity contribution is 6.30. The Hall–Kier alpha value is -1.33. The average Bonchev–Trinajstić information content (AvgIpc) is 2.71. The van der Waals surface area contributed by atoms with Gasteiger partial charge in [-0.15, -0.1) is 0 Å². The fourth-order valence-corrected chi connectivity index (χ4v) is 2.32.